The molecule has 2 atom stereocenters. The molecule has 2 heterocycles. The average Bonchev–Trinajstić information content (AvgIpc) is 2.47. The molecule has 3 rings (SSSR count). The summed E-state index contributed by atoms with van der Waals surface area (Å²) in [5, 5.41) is 0.554. The van der Waals surface area contributed by atoms with Crippen molar-refractivity contribution in [2.24, 2.45) is 0 Å². The van der Waals surface area contributed by atoms with Crippen molar-refractivity contribution >= 4 is 29.2 Å². The predicted octanol–water partition coefficient (Wildman–Crippen LogP) is 2.85. The molecular weight excluding hydrogens is 316 g/mol. The molecule has 1 fully saturated rings. The van der Waals surface area contributed by atoms with Crippen LogP contribution in [0.25, 0.3) is 0 Å². The van der Waals surface area contributed by atoms with Crippen LogP contribution in [0.4, 0.5) is 5.69 Å². The maximum absolute atomic E-state index is 12.8. The largest absolute Gasteiger partial charge is 0.423 e. The normalized spacial score (nSPS) is 24.2. The number of hydrogen-bond donors (Lipinski definition) is 0. The minimum atomic E-state index is -0.354. The van der Waals surface area contributed by atoms with Crippen molar-refractivity contribution in [1.82, 2.24) is 4.90 Å². The lowest BCUT2D eigenvalue weighted by atomic mass is 9.97. The minimum absolute atomic E-state index is 0.0466. The quantitative estimate of drug-likeness (QED) is 0.615. The molecule has 124 valence electrons. The number of ether oxygens (including phenoxy) is 1. The summed E-state index contributed by atoms with van der Waals surface area (Å²) in [5.41, 5.74) is 0.697. The topological polar surface area (TPSA) is 49.9 Å². The Bertz CT molecular complexity index is 624. The molecule has 0 spiro atoms. The molecule has 0 radical (unpaired) electrons. The molecule has 0 aromatic heterocycles. The molecule has 0 saturated carbocycles. The van der Waals surface area contributed by atoms with E-state index in [9.17, 15) is 9.59 Å². The van der Waals surface area contributed by atoms with Crippen molar-refractivity contribution < 1.29 is 14.3 Å². The SMILES string of the molecule is CC1CCCC(C)N1C(=O)CN1CC(=O)Oc2ccc(Cl)cc21. The van der Waals surface area contributed by atoms with Crippen molar-refractivity contribution in [2.75, 3.05) is 18.0 Å². The van der Waals surface area contributed by atoms with Gasteiger partial charge in [-0.1, -0.05) is 11.6 Å². The summed E-state index contributed by atoms with van der Waals surface area (Å²) in [5.74, 6) is 0.149. The van der Waals surface area contributed by atoms with Gasteiger partial charge in [-0.05, 0) is 51.3 Å². The van der Waals surface area contributed by atoms with E-state index in [1.165, 1.54) is 0 Å². The first-order valence-electron chi connectivity index (χ1n) is 8.02. The van der Waals surface area contributed by atoms with E-state index in [0.717, 1.165) is 19.3 Å². The van der Waals surface area contributed by atoms with Crippen LogP contribution in [0.2, 0.25) is 5.02 Å². The van der Waals surface area contributed by atoms with E-state index < -0.39 is 0 Å². The summed E-state index contributed by atoms with van der Waals surface area (Å²) < 4.78 is 5.22. The molecule has 0 bridgehead atoms. The third kappa shape index (κ3) is 3.29. The molecule has 23 heavy (non-hydrogen) atoms. The molecule has 6 heteroatoms. The molecule has 2 aliphatic heterocycles. The summed E-state index contributed by atoms with van der Waals surface area (Å²) >= 11 is 6.05. The van der Waals surface area contributed by atoms with E-state index in [4.69, 9.17) is 16.3 Å². The van der Waals surface area contributed by atoms with Gasteiger partial charge in [-0.3, -0.25) is 4.79 Å². The highest BCUT2D eigenvalue weighted by atomic mass is 35.5. The Hall–Kier alpha value is -1.75. The summed E-state index contributed by atoms with van der Waals surface area (Å²) in [7, 11) is 0. The number of benzene rings is 1. The number of carbonyl (C=O) groups is 2. The third-order valence-corrected chi connectivity index (χ3v) is 4.85. The van der Waals surface area contributed by atoms with Crippen LogP contribution in [0.15, 0.2) is 18.2 Å². The van der Waals surface area contributed by atoms with Crippen LogP contribution in [-0.2, 0) is 9.59 Å². The van der Waals surface area contributed by atoms with E-state index in [-0.39, 0.29) is 37.0 Å². The maximum atomic E-state index is 12.8. The van der Waals surface area contributed by atoms with Gasteiger partial charge in [0.2, 0.25) is 5.91 Å². The van der Waals surface area contributed by atoms with Gasteiger partial charge in [0.25, 0.3) is 0 Å². The highest BCUT2D eigenvalue weighted by Crippen LogP contribution is 2.34. The zero-order valence-electron chi connectivity index (χ0n) is 13.4. The Morgan fingerprint density at radius 2 is 2.00 bits per heavy atom. The van der Waals surface area contributed by atoms with Gasteiger partial charge < -0.3 is 14.5 Å². The highest BCUT2D eigenvalue weighted by Gasteiger charge is 2.32. The fraction of sp³-hybridized carbons (Fsp3) is 0.529. The number of nitrogens with zero attached hydrogens (tertiary/aromatic N) is 2. The fourth-order valence-corrected chi connectivity index (χ4v) is 3.69. The Morgan fingerprint density at radius 3 is 2.70 bits per heavy atom. The van der Waals surface area contributed by atoms with Crippen molar-refractivity contribution in [3.8, 4) is 5.75 Å². The standard InChI is InChI=1S/C17H21ClN2O3/c1-11-4-3-5-12(2)20(11)16(21)9-19-10-17(22)23-15-7-6-13(18)8-14(15)19/h6-8,11-12H,3-5,9-10H2,1-2H3. The molecule has 1 aromatic carbocycles. The van der Waals surface area contributed by atoms with Crippen LogP contribution in [0.3, 0.4) is 0 Å². The van der Waals surface area contributed by atoms with Crippen molar-refractivity contribution in [2.45, 2.75) is 45.2 Å². The number of hydrogen-bond acceptors (Lipinski definition) is 4. The van der Waals surface area contributed by atoms with E-state index >= 15 is 0 Å². The lowest BCUT2D eigenvalue weighted by Crippen LogP contribution is -2.52. The Labute approximate surface area is 141 Å². The number of piperidine rings is 1. The molecule has 1 aromatic rings. The van der Waals surface area contributed by atoms with Gasteiger partial charge in [-0.25, -0.2) is 4.79 Å². The first-order valence-corrected chi connectivity index (χ1v) is 8.40. The predicted molar refractivity (Wildman–Crippen MR) is 88.9 cm³/mol. The summed E-state index contributed by atoms with van der Waals surface area (Å²) in [4.78, 5) is 28.3. The van der Waals surface area contributed by atoms with Gasteiger partial charge in [0, 0.05) is 17.1 Å². The zero-order valence-corrected chi connectivity index (χ0v) is 14.2. The summed E-state index contributed by atoms with van der Waals surface area (Å²) in [6, 6.07) is 5.55. The van der Waals surface area contributed by atoms with Gasteiger partial charge in [-0.15, -0.1) is 0 Å². The van der Waals surface area contributed by atoms with Crippen molar-refractivity contribution in [3.63, 3.8) is 0 Å². The second-order valence-electron chi connectivity index (χ2n) is 6.37. The Morgan fingerprint density at radius 1 is 1.30 bits per heavy atom. The van der Waals surface area contributed by atoms with Gasteiger partial charge >= 0.3 is 5.97 Å². The molecule has 0 aliphatic carbocycles. The van der Waals surface area contributed by atoms with E-state index in [1.54, 1.807) is 23.1 Å². The maximum Gasteiger partial charge on any atom is 0.331 e. The number of carbonyl (C=O) groups excluding carboxylic acids is 2. The van der Waals surface area contributed by atoms with Crippen LogP contribution in [0.5, 0.6) is 5.75 Å². The lowest BCUT2D eigenvalue weighted by molar-refractivity contribution is -0.136. The summed E-state index contributed by atoms with van der Waals surface area (Å²) in [6.07, 6.45) is 3.21. The number of halogens is 1. The Kier molecular flexibility index (Phi) is 4.48. The molecule has 2 aliphatic rings. The average molecular weight is 337 g/mol. The molecule has 1 amide bonds. The Balaban J connectivity index is 1.81. The van der Waals surface area contributed by atoms with Gasteiger partial charge in [0.1, 0.15) is 6.54 Å². The van der Waals surface area contributed by atoms with Gasteiger partial charge in [0.05, 0.1) is 12.2 Å². The number of amides is 1. The molecule has 2 unspecified atom stereocenters. The monoisotopic (exact) mass is 336 g/mol. The smallest absolute Gasteiger partial charge is 0.331 e. The minimum Gasteiger partial charge on any atom is -0.423 e. The van der Waals surface area contributed by atoms with E-state index in [1.807, 2.05) is 4.90 Å². The second-order valence-corrected chi connectivity index (χ2v) is 6.81. The van der Waals surface area contributed by atoms with Gasteiger partial charge in [0.15, 0.2) is 5.75 Å². The first-order chi connectivity index (χ1) is 11.0. The number of likely N-dealkylation sites (tertiary alicyclic amines) is 1. The number of fused-ring (bicyclic) bond motifs is 1. The van der Waals surface area contributed by atoms with E-state index in [2.05, 4.69) is 13.8 Å². The molecule has 1 saturated heterocycles. The van der Waals surface area contributed by atoms with Crippen LogP contribution in [0, 0.1) is 0 Å². The van der Waals surface area contributed by atoms with Crippen LogP contribution < -0.4 is 9.64 Å². The third-order valence-electron chi connectivity index (χ3n) is 4.61. The van der Waals surface area contributed by atoms with Crippen molar-refractivity contribution in [3.05, 3.63) is 23.2 Å². The van der Waals surface area contributed by atoms with Crippen LogP contribution in [-0.4, -0.2) is 41.9 Å². The highest BCUT2D eigenvalue weighted by molar-refractivity contribution is 6.31. The number of rotatable bonds is 2. The van der Waals surface area contributed by atoms with Crippen LogP contribution >= 0.6 is 11.6 Å². The zero-order chi connectivity index (χ0) is 16.6. The molecule has 0 N–H and O–H groups in total. The molecule has 5 nitrogen and oxygen atoms in total. The number of esters is 1. The first kappa shape index (κ1) is 16.1. The summed E-state index contributed by atoms with van der Waals surface area (Å²) in [6.45, 7) is 4.40. The molecular formula is C17H21ClN2O3. The second kappa shape index (κ2) is 6.40. The van der Waals surface area contributed by atoms with Gasteiger partial charge in [-0.2, -0.15) is 0 Å². The van der Waals surface area contributed by atoms with Crippen LogP contribution in [0.1, 0.15) is 33.1 Å². The lowest BCUT2D eigenvalue weighted by Gasteiger charge is -2.40. The van der Waals surface area contributed by atoms with E-state index in [0.29, 0.717) is 16.5 Å². The number of anilines is 1. The van der Waals surface area contributed by atoms with Crippen molar-refractivity contribution in [1.29, 1.82) is 0 Å². The fourth-order valence-electron chi connectivity index (χ4n) is 3.52.